The third kappa shape index (κ3) is 3.15. The molecule has 2 saturated carbocycles. The largest absolute Gasteiger partial charge is 0.485 e. The number of hydrogen-bond donors (Lipinski definition) is 0. The molecule has 6 atom stereocenters. The molecule has 5 aliphatic rings. The Hall–Kier alpha value is -2.70. The zero-order valence-electron chi connectivity index (χ0n) is 17.2. The Balaban J connectivity index is 1.19. The van der Waals surface area contributed by atoms with E-state index in [0.717, 1.165) is 17.4 Å². The van der Waals surface area contributed by atoms with Gasteiger partial charge in [-0.15, -0.1) is 0 Å². The van der Waals surface area contributed by atoms with E-state index < -0.39 is 17.7 Å². The molecular weight excluding hydrogens is 468 g/mol. The second-order valence-corrected chi connectivity index (χ2v) is 9.93. The van der Waals surface area contributed by atoms with E-state index >= 15 is 4.39 Å². The number of rotatable bonds is 5. The summed E-state index contributed by atoms with van der Waals surface area (Å²) in [4.78, 5) is 39.7. The molecule has 0 spiro atoms. The predicted octanol–water partition coefficient (Wildman–Crippen LogP) is 4.95. The van der Waals surface area contributed by atoms with E-state index in [1.54, 1.807) is 0 Å². The third-order valence-corrected chi connectivity index (χ3v) is 8.17. The van der Waals surface area contributed by atoms with Crippen molar-refractivity contribution in [2.24, 2.45) is 35.5 Å². The molecule has 1 heterocycles. The minimum absolute atomic E-state index is 0.0735. The van der Waals surface area contributed by atoms with E-state index in [1.807, 2.05) is 0 Å². The van der Waals surface area contributed by atoms with Gasteiger partial charge in [-0.25, -0.2) is 9.29 Å². The zero-order chi connectivity index (χ0) is 23.0. The van der Waals surface area contributed by atoms with Crippen LogP contribution in [-0.2, 0) is 9.59 Å². The summed E-state index contributed by atoms with van der Waals surface area (Å²) in [7, 11) is 0. The van der Waals surface area contributed by atoms with Crippen molar-refractivity contribution in [3.05, 3.63) is 70.0 Å². The van der Waals surface area contributed by atoms with Crippen LogP contribution in [0.4, 0.5) is 10.1 Å². The number of hydrogen-bond acceptors (Lipinski definition) is 4. The molecule has 2 aromatic rings. The number of ether oxygens (including phenoxy) is 1. The van der Waals surface area contributed by atoms with E-state index in [9.17, 15) is 14.4 Å². The molecule has 0 unspecified atom stereocenters. The Bertz CT molecular complexity index is 1220. The van der Waals surface area contributed by atoms with Gasteiger partial charge in [0.15, 0.2) is 18.2 Å². The number of anilines is 1. The lowest BCUT2D eigenvalue weighted by molar-refractivity contribution is -0.124. The summed E-state index contributed by atoms with van der Waals surface area (Å²) in [5.41, 5.74) is 0.245. The van der Waals surface area contributed by atoms with Crippen molar-refractivity contribution < 1.29 is 23.5 Å². The second kappa shape index (κ2) is 7.40. The Labute approximate surface area is 199 Å². The van der Waals surface area contributed by atoms with Crippen LogP contribution in [-0.4, -0.2) is 24.2 Å². The number of halogens is 3. The van der Waals surface area contributed by atoms with Crippen LogP contribution in [0.5, 0.6) is 5.75 Å². The molecule has 168 valence electrons. The van der Waals surface area contributed by atoms with Gasteiger partial charge >= 0.3 is 0 Å². The fraction of sp³-hybridized carbons (Fsp3) is 0.320. The fourth-order valence-corrected chi connectivity index (χ4v) is 6.15. The van der Waals surface area contributed by atoms with Crippen molar-refractivity contribution in [2.45, 2.75) is 6.42 Å². The number of ketones is 1. The first-order valence-corrected chi connectivity index (χ1v) is 11.6. The molecule has 5 nitrogen and oxygen atoms in total. The summed E-state index contributed by atoms with van der Waals surface area (Å²) in [6.45, 7) is -0.333. The van der Waals surface area contributed by atoms with Gasteiger partial charge in [0.25, 0.3) is 0 Å². The minimum Gasteiger partial charge on any atom is -0.485 e. The van der Waals surface area contributed by atoms with Crippen molar-refractivity contribution in [3.8, 4) is 5.75 Å². The molecule has 0 radical (unpaired) electrons. The van der Waals surface area contributed by atoms with E-state index in [1.165, 1.54) is 30.3 Å². The average Bonchev–Trinajstić information content (AvgIpc) is 3.58. The molecule has 3 fully saturated rings. The first-order valence-electron chi connectivity index (χ1n) is 10.8. The number of benzene rings is 2. The van der Waals surface area contributed by atoms with Crippen LogP contribution in [0.2, 0.25) is 10.0 Å². The smallest absolute Gasteiger partial charge is 0.238 e. The highest BCUT2D eigenvalue weighted by Crippen LogP contribution is 2.65. The lowest BCUT2D eigenvalue weighted by atomic mass is 9.63. The van der Waals surface area contributed by atoms with Gasteiger partial charge in [0.05, 0.1) is 27.6 Å². The van der Waals surface area contributed by atoms with E-state index in [2.05, 4.69) is 12.2 Å². The standard InChI is InChI=1S/C25H18Cl2FNO4/c26-17-5-1-11(7-18(17)27)21(30)10-33-12-2-6-20(19(28)8-12)29-24(31)22-13-3-4-14(16-9-15(13)16)23(22)25(29)32/h1-8,13-16,22-23H,9-10H2/t13-,14+,15+,16-,22-,23+. The highest BCUT2D eigenvalue weighted by Gasteiger charge is 2.67. The van der Waals surface area contributed by atoms with Crippen LogP contribution in [0.3, 0.4) is 0 Å². The zero-order valence-corrected chi connectivity index (χ0v) is 18.7. The van der Waals surface area contributed by atoms with Crippen molar-refractivity contribution in [1.29, 1.82) is 0 Å². The number of carbonyl (C=O) groups is 3. The topological polar surface area (TPSA) is 63.7 Å². The molecular formula is C25H18Cl2FNO4. The summed E-state index contributed by atoms with van der Waals surface area (Å²) in [6, 6.07) is 8.38. The van der Waals surface area contributed by atoms with Gasteiger partial charge in [0.1, 0.15) is 5.75 Å². The van der Waals surface area contributed by atoms with Crippen molar-refractivity contribution in [2.75, 3.05) is 11.5 Å². The Morgan fingerprint density at radius 2 is 1.64 bits per heavy atom. The Morgan fingerprint density at radius 3 is 2.24 bits per heavy atom. The number of Topliss-reactive ketones (excluding diaryl/α,β-unsaturated/α-hetero) is 1. The normalized spacial score (nSPS) is 30.9. The maximum atomic E-state index is 15.0. The molecule has 1 saturated heterocycles. The Morgan fingerprint density at radius 1 is 0.970 bits per heavy atom. The van der Waals surface area contributed by atoms with Gasteiger partial charge < -0.3 is 4.74 Å². The summed E-state index contributed by atoms with van der Waals surface area (Å²) in [6.07, 6.45) is 5.22. The highest BCUT2D eigenvalue weighted by atomic mass is 35.5. The van der Waals surface area contributed by atoms with E-state index in [4.69, 9.17) is 27.9 Å². The number of nitrogens with zero attached hydrogens (tertiary/aromatic N) is 1. The van der Waals surface area contributed by atoms with Gasteiger partial charge in [-0.05, 0) is 60.4 Å². The molecule has 0 aromatic heterocycles. The van der Waals surface area contributed by atoms with E-state index in [0.29, 0.717) is 22.4 Å². The monoisotopic (exact) mass is 485 g/mol. The fourth-order valence-electron chi connectivity index (χ4n) is 5.85. The number of amides is 2. The maximum Gasteiger partial charge on any atom is 0.238 e. The molecule has 2 amide bonds. The van der Waals surface area contributed by atoms with Crippen LogP contribution in [0, 0.1) is 41.3 Å². The molecule has 4 aliphatic carbocycles. The van der Waals surface area contributed by atoms with Gasteiger partial charge in [-0.1, -0.05) is 35.4 Å². The number of carbonyl (C=O) groups excluding carboxylic acids is 3. The van der Waals surface area contributed by atoms with Gasteiger partial charge in [-0.2, -0.15) is 0 Å². The molecule has 7 rings (SSSR count). The molecule has 0 N–H and O–H groups in total. The molecule has 2 aromatic carbocycles. The first-order chi connectivity index (χ1) is 15.8. The number of imide groups is 1. The summed E-state index contributed by atoms with van der Waals surface area (Å²) < 4.78 is 20.4. The number of allylic oxidation sites excluding steroid dienone is 2. The third-order valence-electron chi connectivity index (χ3n) is 7.43. The minimum atomic E-state index is -0.750. The van der Waals surface area contributed by atoms with Gasteiger partial charge in [0, 0.05) is 11.6 Å². The van der Waals surface area contributed by atoms with Crippen LogP contribution < -0.4 is 9.64 Å². The van der Waals surface area contributed by atoms with Gasteiger partial charge in [0.2, 0.25) is 11.8 Å². The maximum absolute atomic E-state index is 15.0. The van der Waals surface area contributed by atoms with Crippen LogP contribution >= 0.6 is 23.2 Å². The molecule has 8 heteroatoms. The van der Waals surface area contributed by atoms with Crippen LogP contribution in [0.25, 0.3) is 0 Å². The quantitative estimate of drug-likeness (QED) is 0.341. The molecule has 2 bridgehead atoms. The lowest BCUT2D eigenvalue weighted by Crippen LogP contribution is -2.40. The van der Waals surface area contributed by atoms with Crippen LogP contribution in [0.15, 0.2) is 48.6 Å². The summed E-state index contributed by atoms with van der Waals surface area (Å²) >= 11 is 11.8. The SMILES string of the molecule is O=C(COc1ccc(N2C(=O)[C@@H]3[C@@H]4C=C[C@@H]([C@H]5C[C@@H]45)[C@@H]3C2=O)c(F)c1)c1ccc(Cl)c(Cl)c1. The predicted molar refractivity (Wildman–Crippen MR) is 120 cm³/mol. The second-order valence-electron chi connectivity index (χ2n) is 9.12. The average molecular weight is 486 g/mol. The first kappa shape index (κ1) is 20.9. The highest BCUT2D eigenvalue weighted by molar-refractivity contribution is 6.42. The summed E-state index contributed by atoms with van der Waals surface area (Å²) in [5.74, 6) is -1.31. The van der Waals surface area contributed by atoms with Crippen LogP contribution in [0.1, 0.15) is 16.8 Å². The van der Waals surface area contributed by atoms with Crippen molar-refractivity contribution >= 4 is 46.5 Å². The molecule has 1 aliphatic heterocycles. The van der Waals surface area contributed by atoms with Crippen molar-refractivity contribution in [3.63, 3.8) is 0 Å². The molecule has 33 heavy (non-hydrogen) atoms. The lowest BCUT2D eigenvalue weighted by Gasteiger charge is -2.37. The Kier molecular flexibility index (Phi) is 4.68. The van der Waals surface area contributed by atoms with Gasteiger partial charge in [-0.3, -0.25) is 14.4 Å². The summed E-state index contributed by atoms with van der Waals surface area (Å²) in [5, 5.41) is 0.581. The van der Waals surface area contributed by atoms with E-state index in [-0.39, 0.29) is 52.5 Å². The van der Waals surface area contributed by atoms with Crippen molar-refractivity contribution in [1.82, 2.24) is 0 Å².